The Balaban J connectivity index is 1.85. The minimum absolute atomic E-state index is 0.0196. The van der Waals surface area contributed by atoms with E-state index in [0.29, 0.717) is 18.8 Å². The fourth-order valence-electron chi connectivity index (χ4n) is 5.59. The second kappa shape index (κ2) is 5.32. The summed E-state index contributed by atoms with van der Waals surface area (Å²) in [5.74, 6) is -4.88. The van der Waals surface area contributed by atoms with Gasteiger partial charge in [-0.15, -0.1) is 0 Å². The van der Waals surface area contributed by atoms with Gasteiger partial charge in [0.2, 0.25) is 5.79 Å². The number of methoxy groups -OCH3 is 1. The molecule has 4 aliphatic heterocycles. The maximum Gasteiger partial charge on any atom is 0.443 e. The highest BCUT2D eigenvalue weighted by molar-refractivity contribution is 5.12. The SMILES string of the molecule is CO[C@@]1(C(F)(F)F)O[C@@H]2O[C@@]3(C)CC[C@H]4[C@H](C)CC[C@@H]([C@H]1C)[C@@]24OO3. The summed E-state index contributed by atoms with van der Waals surface area (Å²) in [4.78, 5) is 11.4. The molecule has 5 rings (SSSR count). The second-order valence-corrected chi connectivity index (χ2v) is 8.19. The summed E-state index contributed by atoms with van der Waals surface area (Å²) in [6.45, 7) is 5.33. The van der Waals surface area contributed by atoms with E-state index in [0.717, 1.165) is 20.0 Å². The number of fused-ring (bicyclic) bond motifs is 2. The predicted octanol–water partition coefficient (Wildman–Crippen LogP) is 3.77. The zero-order valence-corrected chi connectivity index (χ0v) is 14.9. The quantitative estimate of drug-likeness (QED) is 0.661. The molecule has 0 unspecified atom stereocenters. The van der Waals surface area contributed by atoms with Gasteiger partial charge in [-0.1, -0.05) is 13.8 Å². The summed E-state index contributed by atoms with van der Waals surface area (Å²) in [6, 6.07) is 0. The predicted molar refractivity (Wildman–Crippen MR) is 78.8 cm³/mol. The Hall–Kier alpha value is -0.410. The van der Waals surface area contributed by atoms with Gasteiger partial charge in [0.15, 0.2) is 11.9 Å². The topological polar surface area (TPSA) is 46.2 Å². The molecule has 1 spiro atoms. The molecule has 0 N–H and O–H groups in total. The fourth-order valence-corrected chi connectivity index (χ4v) is 5.59. The lowest BCUT2D eigenvalue weighted by Gasteiger charge is -2.62. The standard InChI is InChI=1S/C17H25F3O5/c1-9-5-6-12-10(2)16(21-4,17(18,19)20)23-13-15(12)11(9)7-8-14(3,22-13)24-25-15/h9-13H,5-8H2,1-4H3/t9-,10-,11+,12+,13+,14-,15-,16-/m1/s1. The van der Waals surface area contributed by atoms with Crippen molar-refractivity contribution in [3.05, 3.63) is 0 Å². The van der Waals surface area contributed by atoms with Gasteiger partial charge in [-0.05, 0) is 38.0 Å². The molecule has 0 aromatic carbocycles. The van der Waals surface area contributed by atoms with Gasteiger partial charge >= 0.3 is 6.18 Å². The van der Waals surface area contributed by atoms with E-state index in [1.54, 1.807) is 6.92 Å². The third-order valence-corrected chi connectivity index (χ3v) is 6.96. The van der Waals surface area contributed by atoms with E-state index in [-0.39, 0.29) is 5.92 Å². The van der Waals surface area contributed by atoms with Crippen LogP contribution in [0.2, 0.25) is 0 Å². The van der Waals surface area contributed by atoms with Crippen molar-refractivity contribution in [2.75, 3.05) is 7.11 Å². The van der Waals surface area contributed by atoms with E-state index in [9.17, 15) is 13.2 Å². The number of alkyl halides is 3. The van der Waals surface area contributed by atoms with E-state index in [1.807, 2.05) is 0 Å². The summed E-state index contributed by atoms with van der Waals surface area (Å²) in [5, 5.41) is 0. The molecule has 5 nitrogen and oxygen atoms in total. The molecule has 0 aromatic heterocycles. The molecule has 144 valence electrons. The Morgan fingerprint density at radius 1 is 1.00 bits per heavy atom. The van der Waals surface area contributed by atoms with Crippen LogP contribution < -0.4 is 0 Å². The van der Waals surface area contributed by atoms with Gasteiger partial charge in [0, 0.05) is 25.4 Å². The molecule has 2 bridgehead atoms. The number of hydrogen-bond acceptors (Lipinski definition) is 5. The van der Waals surface area contributed by atoms with Crippen LogP contribution >= 0.6 is 0 Å². The first-order chi connectivity index (χ1) is 11.6. The minimum atomic E-state index is -4.68. The number of ether oxygens (including phenoxy) is 3. The van der Waals surface area contributed by atoms with Crippen LogP contribution in [0.1, 0.15) is 46.5 Å². The molecule has 1 aliphatic carbocycles. The number of rotatable bonds is 1. The van der Waals surface area contributed by atoms with Crippen molar-refractivity contribution in [3.8, 4) is 0 Å². The van der Waals surface area contributed by atoms with Gasteiger partial charge in [0.1, 0.15) is 0 Å². The Labute approximate surface area is 145 Å². The van der Waals surface area contributed by atoms with Crippen molar-refractivity contribution in [2.45, 2.75) is 76.1 Å². The largest absolute Gasteiger partial charge is 0.443 e. The third kappa shape index (κ3) is 2.15. The van der Waals surface area contributed by atoms with E-state index >= 15 is 0 Å². The van der Waals surface area contributed by atoms with Crippen molar-refractivity contribution in [2.24, 2.45) is 23.7 Å². The molecule has 25 heavy (non-hydrogen) atoms. The van der Waals surface area contributed by atoms with E-state index in [4.69, 9.17) is 24.0 Å². The molecule has 8 heteroatoms. The lowest BCUT2D eigenvalue weighted by molar-refractivity contribution is -0.597. The van der Waals surface area contributed by atoms with Crippen LogP contribution in [-0.2, 0) is 24.0 Å². The van der Waals surface area contributed by atoms with Gasteiger partial charge in [0.25, 0.3) is 5.79 Å². The Morgan fingerprint density at radius 2 is 1.72 bits per heavy atom. The van der Waals surface area contributed by atoms with Crippen molar-refractivity contribution in [1.82, 2.24) is 0 Å². The van der Waals surface area contributed by atoms with E-state index < -0.39 is 41.5 Å². The molecule has 0 aromatic rings. The molecule has 0 radical (unpaired) electrons. The number of hydrogen-bond donors (Lipinski definition) is 0. The third-order valence-electron chi connectivity index (χ3n) is 6.96. The molecule has 1 saturated carbocycles. The molecule has 4 saturated heterocycles. The smallest absolute Gasteiger partial charge is 0.346 e. The summed E-state index contributed by atoms with van der Waals surface area (Å²) < 4.78 is 58.4. The van der Waals surface area contributed by atoms with Gasteiger partial charge in [-0.25, -0.2) is 9.78 Å². The maximum atomic E-state index is 14.0. The van der Waals surface area contributed by atoms with E-state index in [2.05, 4.69) is 6.92 Å². The van der Waals surface area contributed by atoms with Crippen LogP contribution in [0.4, 0.5) is 13.2 Å². The van der Waals surface area contributed by atoms with Gasteiger partial charge in [0.05, 0.1) is 0 Å². The van der Waals surface area contributed by atoms with Gasteiger partial charge in [-0.3, -0.25) is 0 Å². The molecule has 4 heterocycles. The highest BCUT2D eigenvalue weighted by Crippen LogP contribution is 2.64. The van der Waals surface area contributed by atoms with E-state index in [1.165, 1.54) is 6.92 Å². The van der Waals surface area contributed by atoms with Gasteiger partial charge in [-0.2, -0.15) is 13.2 Å². The van der Waals surface area contributed by atoms with Crippen molar-refractivity contribution in [3.63, 3.8) is 0 Å². The first-order valence-corrected chi connectivity index (χ1v) is 8.94. The molecule has 5 fully saturated rings. The zero-order chi connectivity index (χ0) is 18.3. The average Bonchev–Trinajstić information content (AvgIpc) is 2.76. The summed E-state index contributed by atoms with van der Waals surface area (Å²) >= 11 is 0. The lowest BCUT2D eigenvalue weighted by Crippen LogP contribution is -2.75. The lowest BCUT2D eigenvalue weighted by atomic mass is 9.57. The first kappa shape index (κ1) is 18.0. The molecule has 5 aliphatic rings. The summed E-state index contributed by atoms with van der Waals surface area (Å²) in [7, 11) is 1.04. The maximum absolute atomic E-state index is 14.0. The van der Waals surface area contributed by atoms with Crippen LogP contribution in [0.5, 0.6) is 0 Å². The molecule has 8 atom stereocenters. The summed E-state index contributed by atoms with van der Waals surface area (Å²) in [5.41, 5.74) is -1.03. The fraction of sp³-hybridized carbons (Fsp3) is 1.00. The second-order valence-electron chi connectivity index (χ2n) is 8.19. The molecule has 0 amide bonds. The monoisotopic (exact) mass is 366 g/mol. The first-order valence-electron chi connectivity index (χ1n) is 8.94. The van der Waals surface area contributed by atoms with Crippen LogP contribution in [0.3, 0.4) is 0 Å². The van der Waals surface area contributed by atoms with Crippen LogP contribution in [0, 0.1) is 23.7 Å². The Morgan fingerprint density at radius 3 is 2.36 bits per heavy atom. The minimum Gasteiger partial charge on any atom is -0.346 e. The van der Waals surface area contributed by atoms with Crippen molar-refractivity contribution >= 4 is 0 Å². The zero-order valence-electron chi connectivity index (χ0n) is 14.9. The van der Waals surface area contributed by atoms with Crippen LogP contribution in [-0.4, -0.2) is 36.8 Å². The highest BCUT2D eigenvalue weighted by atomic mass is 19.4. The molecular formula is C17H25F3O5. The highest BCUT2D eigenvalue weighted by Gasteiger charge is 2.77. The number of halogens is 3. The van der Waals surface area contributed by atoms with Crippen molar-refractivity contribution < 1.29 is 37.2 Å². The van der Waals surface area contributed by atoms with Crippen LogP contribution in [0.15, 0.2) is 0 Å². The normalized spacial score (nSPS) is 55.6. The Bertz CT molecular complexity index is 557. The summed E-state index contributed by atoms with van der Waals surface area (Å²) in [6.07, 6.45) is -3.11. The molecular weight excluding hydrogens is 341 g/mol. The van der Waals surface area contributed by atoms with Crippen molar-refractivity contribution in [1.29, 1.82) is 0 Å². The average molecular weight is 366 g/mol. The van der Waals surface area contributed by atoms with Crippen LogP contribution in [0.25, 0.3) is 0 Å². The van der Waals surface area contributed by atoms with Gasteiger partial charge < -0.3 is 14.2 Å². The Kier molecular flexibility index (Phi) is 3.82.